The lowest BCUT2D eigenvalue weighted by Gasteiger charge is -2.39. The number of carbonyl (C=O) groups is 2. The number of ether oxygens (including phenoxy) is 1. The molecule has 1 aromatic rings. The minimum absolute atomic E-state index is 0.0988. The van der Waals surface area contributed by atoms with E-state index >= 15 is 0 Å². The molecule has 2 saturated carbocycles. The van der Waals surface area contributed by atoms with Gasteiger partial charge in [-0.05, 0) is 68.1 Å². The Hall–Kier alpha value is -2.04. The van der Waals surface area contributed by atoms with Gasteiger partial charge in [0, 0.05) is 23.8 Å². The van der Waals surface area contributed by atoms with Crippen LogP contribution in [0, 0.1) is 17.8 Å². The molecular weight excluding hydrogens is 304 g/mol. The number of nitrogens with zero attached hydrogens (tertiary/aromatic N) is 1. The maximum atomic E-state index is 13.1. The minimum Gasteiger partial charge on any atom is -0.453 e. The van der Waals surface area contributed by atoms with Gasteiger partial charge in [-0.25, -0.2) is 4.79 Å². The second kappa shape index (κ2) is 6.11. The van der Waals surface area contributed by atoms with Crippen molar-refractivity contribution in [2.75, 3.05) is 19.0 Å². The highest BCUT2D eigenvalue weighted by Gasteiger charge is 2.44. The van der Waals surface area contributed by atoms with E-state index in [1.807, 2.05) is 6.07 Å². The zero-order chi connectivity index (χ0) is 16.7. The molecule has 1 aromatic carbocycles. The van der Waals surface area contributed by atoms with Gasteiger partial charge in [0.25, 0.3) is 5.91 Å². The normalized spacial score (nSPS) is 30.8. The second-order valence-electron chi connectivity index (χ2n) is 7.59. The molecule has 4 atom stereocenters. The van der Waals surface area contributed by atoms with Crippen LogP contribution in [0.5, 0.6) is 0 Å². The molecule has 2 amide bonds. The molecule has 0 aromatic heterocycles. The Morgan fingerprint density at radius 1 is 1.08 bits per heavy atom. The van der Waals surface area contributed by atoms with Crippen molar-refractivity contribution in [1.82, 2.24) is 4.90 Å². The lowest BCUT2D eigenvalue weighted by Crippen LogP contribution is -2.42. The zero-order valence-corrected chi connectivity index (χ0v) is 14.0. The lowest BCUT2D eigenvalue weighted by molar-refractivity contribution is 0.0632. The van der Waals surface area contributed by atoms with E-state index in [0.717, 1.165) is 18.4 Å². The Morgan fingerprint density at radius 2 is 1.79 bits per heavy atom. The fourth-order valence-corrected chi connectivity index (χ4v) is 5.10. The Labute approximate surface area is 142 Å². The number of carbonyl (C=O) groups excluding carboxylic acids is 2. The molecule has 4 aliphatic rings. The second-order valence-corrected chi connectivity index (χ2v) is 7.59. The maximum Gasteiger partial charge on any atom is 0.411 e. The summed E-state index contributed by atoms with van der Waals surface area (Å²) in [5.41, 5.74) is 1.23. The van der Waals surface area contributed by atoms with Crippen molar-refractivity contribution in [3.05, 3.63) is 29.8 Å². The smallest absolute Gasteiger partial charge is 0.411 e. The molecule has 5 rings (SSSR count). The third-order valence-corrected chi connectivity index (χ3v) is 5.91. The average Bonchev–Trinajstić information content (AvgIpc) is 2.78. The van der Waals surface area contributed by atoms with Crippen LogP contribution in [-0.4, -0.2) is 36.6 Å². The van der Waals surface area contributed by atoms with E-state index < -0.39 is 6.09 Å². The van der Waals surface area contributed by atoms with E-state index in [1.54, 1.807) is 18.2 Å². The van der Waals surface area contributed by atoms with Gasteiger partial charge < -0.3 is 9.64 Å². The quantitative estimate of drug-likeness (QED) is 0.904. The molecule has 5 heteroatoms. The monoisotopic (exact) mass is 328 g/mol. The molecule has 24 heavy (non-hydrogen) atoms. The van der Waals surface area contributed by atoms with Gasteiger partial charge in [0.05, 0.1) is 7.11 Å². The molecule has 1 N–H and O–H groups in total. The third kappa shape index (κ3) is 2.87. The van der Waals surface area contributed by atoms with E-state index in [0.29, 0.717) is 23.2 Å². The first-order chi connectivity index (χ1) is 11.6. The van der Waals surface area contributed by atoms with E-state index in [1.165, 1.54) is 39.2 Å². The minimum atomic E-state index is -0.523. The van der Waals surface area contributed by atoms with Crippen molar-refractivity contribution >= 4 is 17.7 Å². The first-order valence-corrected chi connectivity index (χ1v) is 8.88. The summed E-state index contributed by atoms with van der Waals surface area (Å²) in [5, 5.41) is 2.63. The van der Waals surface area contributed by atoms with Gasteiger partial charge in [0.2, 0.25) is 0 Å². The number of hydrogen-bond donors (Lipinski definition) is 1. The van der Waals surface area contributed by atoms with Crippen LogP contribution in [0.25, 0.3) is 0 Å². The topological polar surface area (TPSA) is 58.6 Å². The van der Waals surface area contributed by atoms with Crippen LogP contribution in [0.4, 0.5) is 10.5 Å². The molecule has 4 bridgehead atoms. The lowest BCUT2D eigenvalue weighted by atomic mass is 9.68. The highest BCUT2D eigenvalue weighted by Crippen LogP contribution is 2.47. The fraction of sp³-hybridized carbons (Fsp3) is 0.579. The Kier molecular flexibility index (Phi) is 3.94. The summed E-state index contributed by atoms with van der Waals surface area (Å²) in [6, 6.07) is 7.55. The van der Waals surface area contributed by atoms with Crippen molar-refractivity contribution in [3.8, 4) is 0 Å². The van der Waals surface area contributed by atoms with Crippen LogP contribution >= 0.6 is 0 Å². The molecule has 128 valence electrons. The van der Waals surface area contributed by atoms with E-state index in [-0.39, 0.29) is 5.91 Å². The van der Waals surface area contributed by atoms with Gasteiger partial charge >= 0.3 is 6.09 Å². The number of anilines is 1. The predicted molar refractivity (Wildman–Crippen MR) is 90.8 cm³/mol. The predicted octanol–water partition coefficient (Wildman–Crippen LogP) is 3.52. The summed E-state index contributed by atoms with van der Waals surface area (Å²) in [7, 11) is 1.33. The number of rotatable bonds is 2. The number of methoxy groups -OCH3 is 1. The van der Waals surface area contributed by atoms with Crippen molar-refractivity contribution in [3.63, 3.8) is 0 Å². The summed E-state index contributed by atoms with van der Waals surface area (Å²) in [6.07, 6.45) is 5.76. The molecule has 2 aliphatic carbocycles. The zero-order valence-electron chi connectivity index (χ0n) is 14.0. The van der Waals surface area contributed by atoms with Crippen LogP contribution in [0.15, 0.2) is 24.3 Å². The van der Waals surface area contributed by atoms with Crippen LogP contribution < -0.4 is 5.32 Å². The van der Waals surface area contributed by atoms with Gasteiger partial charge in [0.1, 0.15) is 0 Å². The molecule has 0 spiro atoms. The summed E-state index contributed by atoms with van der Waals surface area (Å²) in [6.45, 7) is 0.894. The number of amides is 2. The van der Waals surface area contributed by atoms with Crippen molar-refractivity contribution < 1.29 is 14.3 Å². The third-order valence-electron chi connectivity index (χ3n) is 5.91. The van der Waals surface area contributed by atoms with E-state index in [2.05, 4.69) is 15.0 Å². The SMILES string of the molecule is COC(=O)Nc1cccc(C(=O)N2CC3C[C@@H]4CC2C[C@H](C3)C4)c1. The summed E-state index contributed by atoms with van der Waals surface area (Å²) < 4.78 is 4.62. The number of hydrogen-bond acceptors (Lipinski definition) is 3. The maximum absolute atomic E-state index is 13.1. The summed E-state index contributed by atoms with van der Waals surface area (Å²) in [4.78, 5) is 26.6. The molecule has 2 unspecified atom stereocenters. The van der Waals surface area contributed by atoms with Crippen molar-refractivity contribution in [1.29, 1.82) is 0 Å². The van der Waals surface area contributed by atoms with Crippen molar-refractivity contribution in [2.24, 2.45) is 17.8 Å². The summed E-state index contributed by atoms with van der Waals surface area (Å²) in [5.74, 6) is 2.40. The Bertz CT molecular complexity index is 646. The first-order valence-electron chi connectivity index (χ1n) is 8.88. The van der Waals surface area contributed by atoms with Crippen molar-refractivity contribution in [2.45, 2.75) is 38.1 Å². The first kappa shape index (κ1) is 15.5. The highest BCUT2D eigenvalue weighted by atomic mass is 16.5. The van der Waals surface area contributed by atoms with Gasteiger partial charge in [-0.15, -0.1) is 0 Å². The largest absolute Gasteiger partial charge is 0.453 e. The van der Waals surface area contributed by atoms with Crippen LogP contribution in [0.1, 0.15) is 42.5 Å². The summed E-state index contributed by atoms with van der Waals surface area (Å²) >= 11 is 0. The Balaban J connectivity index is 1.55. The molecule has 4 fully saturated rings. The van der Waals surface area contributed by atoms with Gasteiger partial charge in [-0.3, -0.25) is 10.1 Å². The van der Waals surface area contributed by atoms with Crippen LogP contribution in [0.3, 0.4) is 0 Å². The van der Waals surface area contributed by atoms with E-state index in [9.17, 15) is 9.59 Å². The average molecular weight is 328 g/mol. The van der Waals surface area contributed by atoms with E-state index in [4.69, 9.17) is 0 Å². The number of nitrogens with one attached hydrogen (secondary N) is 1. The Morgan fingerprint density at radius 3 is 2.50 bits per heavy atom. The van der Waals surface area contributed by atoms with Gasteiger partial charge in [0.15, 0.2) is 0 Å². The molecular formula is C19H24N2O3. The van der Waals surface area contributed by atoms with Crippen LogP contribution in [0.2, 0.25) is 0 Å². The molecule has 2 saturated heterocycles. The van der Waals surface area contributed by atoms with Gasteiger partial charge in [-0.1, -0.05) is 6.07 Å². The molecule has 2 heterocycles. The fourth-order valence-electron chi connectivity index (χ4n) is 5.10. The molecule has 2 aliphatic heterocycles. The molecule has 5 nitrogen and oxygen atoms in total. The standard InChI is InChI=1S/C19H24N2O3/c1-24-19(23)20-16-4-2-3-15(10-16)18(22)21-11-14-6-12-5-13(7-14)9-17(21)8-12/h2-4,10,12-14,17H,5-9,11H2,1H3,(H,20,23)/t12-,13+,14?,17?. The van der Waals surface area contributed by atoms with Gasteiger partial charge in [-0.2, -0.15) is 0 Å². The number of fused-ring (bicyclic) bond motifs is 1. The highest BCUT2D eigenvalue weighted by molar-refractivity contribution is 5.96. The van der Waals surface area contributed by atoms with Crippen LogP contribution in [-0.2, 0) is 4.74 Å². The number of benzene rings is 1. The molecule has 0 radical (unpaired) electrons.